The van der Waals surface area contributed by atoms with Crippen LogP contribution in [-0.4, -0.2) is 36.0 Å². The molecule has 0 aromatic carbocycles. The third kappa shape index (κ3) is 3.02. The quantitative estimate of drug-likeness (QED) is 0.755. The molecule has 3 nitrogen and oxygen atoms in total. The molecule has 0 bridgehead atoms. The lowest BCUT2D eigenvalue weighted by Gasteiger charge is -2.40. The molecule has 0 radical (unpaired) electrons. The van der Waals surface area contributed by atoms with Gasteiger partial charge in [-0.1, -0.05) is 19.9 Å². The average molecular weight is 264 g/mol. The summed E-state index contributed by atoms with van der Waals surface area (Å²) in [5, 5.41) is 7.22. The van der Waals surface area contributed by atoms with Gasteiger partial charge < -0.3 is 4.74 Å². The summed E-state index contributed by atoms with van der Waals surface area (Å²) in [5.41, 5.74) is 1.22. The van der Waals surface area contributed by atoms with E-state index in [4.69, 9.17) is 9.84 Å². The van der Waals surface area contributed by atoms with Crippen molar-refractivity contribution in [2.75, 3.05) is 13.7 Å². The Morgan fingerprint density at radius 1 is 1.37 bits per heavy atom. The maximum Gasteiger partial charge on any atom is 0.0892 e. The lowest BCUT2D eigenvalue weighted by atomic mass is 9.87. The molecule has 19 heavy (non-hydrogen) atoms. The first-order chi connectivity index (χ1) is 9.25. The van der Waals surface area contributed by atoms with Crippen LogP contribution in [0.1, 0.15) is 58.8 Å². The van der Waals surface area contributed by atoms with Crippen molar-refractivity contribution < 1.29 is 4.74 Å². The largest absolute Gasteiger partial charge is 0.376 e. The van der Waals surface area contributed by atoms with Crippen molar-refractivity contribution in [3.63, 3.8) is 0 Å². The van der Waals surface area contributed by atoms with Gasteiger partial charge >= 0.3 is 0 Å². The van der Waals surface area contributed by atoms with E-state index in [1.165, 1.54) is 31.4 Å². The van der Waals surface area contributed by atoms with Gasteiger partial charge in [0.2, 0.25) is 0 Å². The summed E-state index contributed by atoms with van der Waals surface area (Å²) >= 11 is 0. The fourth-order valence-electron chi connectivity index (χ4n) is 3.50. The van der Waals surface area contributed by atoms with E-state index < -0.39 is 0 Å². The zero-order chi connectivity index (χ0) is 13.7. The molecule has 2 rings (SSSR count). The topological polar surface area (TPSA) is 24.8 Å². The highest BCUT2D eigenvalue weighted by atomic mass is 16.5. The van der Waals surface area contributed by atoms with E-state index in [1.807, 2.05) is 7.11 Å². The second-order valence-electron chi connectivity index (χ2n) is 5.68. The zero-order valence-corrected chi connectivity index (χ0v) is 12.7. The number of allylic oxidation sites excluding steroid dienone is 2. The highest BCUT2D eigenvalue weighted by Crippen LogP contribution is 2.35. The Bertz CT molecular complexity index is 336. The number of hydrazone groups is 1. The van der Waals surface area contributed by atoms with Crippen LogP contribution >= 0.6 is 0 Å². The molecular formula is C16H28N2O. The average Bonchev–Trinajstić information content (AvgIpc) is 2.92. The molecule has 1 aliphatic carbocycles. The molecule has 2 aliphatic rings. The van der Waals surface area contributed by atoms with Gasteiger partial charge in [0, 0.05) is 13.7 Å². The van der Waals surface area contributed by atoms with Crippen LogP contribution in [0.25, 0.3) is 0 Å². The van der Waals surface area contributed by atoms with E-state index in [0.717, 1.165) is 25.8 Å². The first kappa shape index (κ1) is 14.6. The normalized spacial score (nSPS) is 26.4. The summed E-state index contributed by atoms with van der Waals surface area (Å²) in [4.78, 5) is 0. The standard InChI is InChI=1S/C16H28N2O/c1-4-16(5-2,19-3)15-12-9-13-18(15)17-14-10-7-6-8-11-14/h7,10,15H,4-6,8-9,11-13H2,1-3H3/b17-14-/t15-/m0/s1. The Balaban J connectivity index is 2.16. The van der Waals surface area contributed by atoms with Crippen LogP contribution < -0.4 is 0 Å². The minimum absolute atomic E-state index is 0.0288. The smallest absolute Gasteiger partial charge is 0.0892 e. The number of rotatable bonds is 5. The number of ether oxygens (including phenoxy) is 1. The SMILES string of the molecule is CCC(CC)(OC)[C@@H]1CCCN1/N=C1/C=CCCC1. The van der Waals surface area contributed by atoms with Crippen molar-refractivity contribution in [3.05, 3.63) is 12.2 Å². The van der Waals surface area contributed by atoms with Gasteiger partial charge in [0.1, 0.15) is 0 Å². The molecule has 1 fully saturated rings. The zero-order valence-electron chi connectivity index (χ0n) is 12.7. The number of methoxy groups -OCH3 is 1. The second-order valence-corrected chi connectivity index (χ2v) is 5.68. The van der Waals surface area contributed by atoms with Gasteiger partial charge in [-0.05, 0) is 51.0 Å². The Morgan fingerprint density at radius 3 is 2.74 bits per heavy atom. The molecule has 0 N–H and O–H groups in total. The minimum atomic E-state index is -0.0288. The predicted molar refractivity (Wildman–Crippen MR) is 80.5 cm³/mol. The Kier molecular flexibility index (Phi) is 5.03. The molecule has 0 aromatic rings. The lowest BCUT2D eigenvalue weighted by Crippen LogP contribution is -2.49. The van der Waals surface area contributed by atoms with Crippen LogP contribution in [0.2, 0.25) is 0 Å². The molecule has 0 aromatic heterocycles. The lowest BCUT2D eigenvalue weighted by molar-refractivity contribution is -0.0732. The van der Waals surface area contributed by atoms with Crippen molar-refractivity contribution in [1.82, 2.24) is 5.01 Å². The van der Waals surface area contributed by atoms with Crippen molar-refractivity contribution in [1.29, 1.82) is 0 Å². The van der Waals surface area contributed by atoms with Crippen LogP contribution in [0.15, 0.2) is 17.3 Å². The highest BCUT2D eigenvalue weighted by molar-refractivity contribution is 5.95. The molecule has 0 saturated carbocycles. The monoisotopic (exact) mass is 264 g/mol. The van der Waals surface area contributed by atoms with Crippen molar-refractivity contribution in [2.24, 2.45) is 5.10 Å². The van der Waals surface area contributed by atoms with E-state index in [9.17, 15) is 0 Å². The summed E-state index contributed by atoms with van der Waals surface area (Å²) in [7, 11) is 1.86. The fourth-order valence-corrected chi connectivity index (χ4v) is 3.50. The van der Waals surface area contributed by atoms with Crippen LogP contribution in [0.3, 0.4) is 0 Å². The summed E-state index contributed by atoms with van der Waals surface area (Å²) in [6.07, 6.45) is 12.6. The third-order valence-electron chi connectivity index (χ3n) is 4.81. The molecule has 0 spiro atoms. The van der Waals surface area contributed by atoms with Crippen LogP contribution in [-0.2, 0) is 4.74 Å². The highest BCUT2D eigenvalue weighted by Gasteiger charge is 2.42. The van der Waals surface area contributed by atoms with Crippen LogP contribution in [0, 0.1) is 0 Å². The van der Waals surface area contributed by atoms with Gasteiger partial charge in [0.15, 0.2) is 0 Å². The minimum Gasteiger partial charge on any atom is -0.376 e. The van der Waals surface area contributed by atoms with Crippen molar-refractivity contribution in [2.45, 2.75) is 70.4 Å². The molecule has 3 heteroatoms. The maximum atomic E-state index is 5.91. The maximum absolute atomic E-state index is 5.91. The fraction of sp³-hybridized carbons (Fsp3) is 0.812. The molecule has 1 heterocycles. The summed E-state index contributed by atoms with van der Waals surface area (Å²) in [6, 6.07) is 0.440. The van der Waals surface area contributed by atoms with Crippen LogP contribution in [0.5, 0.6) is 0 Å². The molecule has 0 amide bonds. The van der Waals surface area contributed by atoms with Crippen LogP contribution in [0.4, 0.5) is 0 Å². The Labute approximate surface area is 117 Å². The number of hydrogen-bond acceptors (Lipinski definition) is 3. The molecule has 108 valence electrons. The van der Waals surface area contributed by atoms with E-state index in [2.05, 4.69) is 31.0 Å². The first-order valence-electron chi connectivity index (χ1n) is 7.81. The van der Waals surface area contributed by atoms with Gasteiger partial charge in [-0.15, -0.1) is 0 Å². The molecule has 0 unspecified atom stereocenters. The number of nitrogens with zero attached hydrogens (tertiary/aromatic N) is 2. The third-order valence-corrected chi connectivity index (χ3v) is 4.81. The first-order valence-corrected chi connectivity index (χ1v) is 7.81. The van der Waals surface area contributed by atoms with Gasteiger partial charge in [0.25, 0.3) is 0 Å². The van der Waals surface area contributed by atoms with E-state index in [-0.39, 0.29) is 5.60 Å². The molecule has 1 aliphatic heterocycles. The van der Waals surface area contributed by atoms with Gasteiger partial charge in [-0.2, -0.15) is 5.10 Å². The molecular weight excluding hydrogens is 236 g/mol. The summed E-state index contributed by atoms with van der Waals surface area (Å²) in [5.74, 6) is 0. The predicted octanol–water partition coefficient (Wildman–Crippen LogP) is 3.75. The summed E-state index contributed by atoms with van der Waals surface area (Å²) in [6.45, 7) is 5.54. The number of hydrogen-bond donors (Lipinski definition) is 0. The van der Waals surface area contributed by atoms with Crippen molar-refractivity contribution >= 4 is 5.71 Å². The summed E-state index contributed by atoms with van der Waals surface area (Å²) < 4.78 is 5.91. The van der Waals surface area contributed by atoms with Gasteiger partial charge in [-0.3, -0.25) is 5.01 Å². The Morgan fingerprint density at radius 2 is 2.16 bits per heavy atom. The Hall–Kier alpha value is -0.830. The molecule has 1 atom stereocenters. The van der Waals surface area contributed by atoms with Crippen molar-refractivity contribution in [3.8, 4) is 0 Å². The van der Waals surface area contributed by atoms with Gasteiger partial charge in [-0.25, -0.2) is 0 Å². The molecule has 1 saturated heterocycles. The van der Waals surface area contributed by atoms with E-state index in [0.29, 0.717) is 6.04 Å². The second kappa shape index (κ2) is 6.56. The van der Waals surface area contributed by atoms with E-state index >= 15 is 0 Å². The van der Waals surface area contributed by atoms with Gasteiger partial charge in [0.05, 0.1) is 17.4 Å². The van der Waals surface area contributed by atoms with E-state index in [1.54, 1.807) is 0 Å².